The van der Waals surface area contributed by atoms with E-state index >= 15 is 0 Å². The van der Waals surface area contributed by atoms with E-state index in [4.69, 9.17) is 0 Å². The first kappa shape index (κ1) is 7.85. The zero-order chi connectivity index (χ0) is 8.72. The van der Waals surface area contributed by atoms with Crippen molar-refractivity contribution in [2.75, 3.05) is 0 Å². The average molecular weight is 160 g/mol. The van der Waals surface area contributed by atoms with E-state index in [9.17, 15) is 0 Å². The Balaban J connectivity index is 2.36. The van der Waals surface area contributed by atoms with Gasteiger partial charge in [0.15, 0.2) is 0 Å². The Morgan fingerprint density at radius 1 is 1.33 bits per heavy atom. The minimum atomic E-state index is 0.672. The molecule has 0 aromatic heterocycles. The lowest BCUT2D eigenvalue weighted by Gasteiger charge is -2.27. The van der Waals surface area contributed by atoms with Crippen LogP contribution in [0.2, 0.25) is 0 Å². The third kappa shape index (κ3) is 1.06. The minimum absolute atomic E-state index is 0.672. The molecule has 1 aliphatic rings. The topological polar surface area (TPSA) is 0 Å². The van der Waals surface area contributed by atoms with Gasteiger partial charge >= 0.3 is 0 Å². The molecule has 0 fully saturated rings. The van der Waals surface area contributed by atoms with Crippen LogP contribution in [0.15, 0.2) is 18.2 Å². The molecule has 0 saturated heterocycles. The second kappa shape index (κ2) is 2.62. The molecule has 1 aromatic rings. The van der Waals surface area contributed by atoms with E-state index in [0.717, 1.165) is 5.92 Å². The first-order chi connectivity index (χ1) is 5.68. The highest BCUT2D eigenvalue weighted by molar-refractivity contribution is 5.42. The van der Waals surface area contributed by atoms with Crippen LogP contribution in [-0.4, -0.2) is 0 Å². The normalized spacial score (nSPS) is 20.5. The van der Waals surface area contributed by atoms with E-state index in [1.807, 2.05) is 0 Å². The lowest BCUT2D eigenvalue weighted by molar-refractivity contribution is 0.663. The molecule has 0 amide bonds. The molecule has 0 N–H and O–H groups in total. The van der Waals surface area contributed by atoms with Gasteiger partial charge in [-0.25, -0.2) is 0 Å². The number of hydrogen-bond donors (Lipinski definition) is 0. The quantitative estimate of drug-likeness (QED) is 0.590. The summed E-state index contributed by atoms with van der Waals surface area (Å²) in [5.74, 6) is 1.48. The smallest absolute Gasteiger partial charge is 0.0147 e. The minimum Gasteiger partial charge on any atom is -0.0587 e. The lowest BCUT2D eigenvalue weighted by Crippen LogP contribution is -2.14. The van der Waals surface area contributed by atoms with Gasteiger partial charge in [-0.2, -0.15) is 0 Å². The standard InChI is InChI=1S/C12H16/c1-8(2)10-4-5-12-9(3)6-11(12)7-10/h4-5,7-9H,6H2,1-3H3. The molecule has 1 aliphatic carbocycles. The van der Waals surface area contributed by atoms with Crippen molar-refractivity contribution < 1.29 is 0 Å². The molecule has 0 radical (unpaired) electrons. The molecule has 0 nitrogen and oxygen atoms in total. The van der Waals surface area contributed by atoms with E-state index in [-0.39, 0.29) is 0 Å². The third-order valence-electron chi connectivity index (χ3n) is 2.89. The summed E-state index contributed by atoms with van der Waals surface area (Å²) in [6.45, 7) is 6.81. The molecule has 0 heteroatoms. The summed E-state index contributed by atoms with van der Waals surface area (Å²) < 4.78 is 0. The molecule has 0 heterocycles. The van der Waals surface area contributed by atoms with Gasteiger partial charge in [0.05, 0.1) is 0 Å². The van der Waals surface area contributed by atoms with Crippen molar-refractivity contribution >= 4 is 0 Å². The van der Waals surface area contributed by atoms with Crippen LogP contribution < -0.4 is 0 Å². The Morgan fingerprint density at radius 3 is 2.58 bits per heavy atom. The lowest BCUT2D eigenvalue weighted by atomic mass is 9.77. The monoisotopic (exact) mass is 160 g/mol. The van der Waals surface area contributed by atoms with Crippen LogP contribution in [0, 0.1) is 0 Å². The molecular formula is C12H16. The SMILES string of the molecule is CC(C)c1ccc2c(c1)CC2C. The van der Waals surface area contributed by atoms with E-state index in [1.54, 1.807) is 11.1 Å². The maximum Gasteiger partial charge on any atom is -0.0147 e. The van der Waals surface area contributed by atoms with Gasteiger partial charge in [-0.15, -0.1) is 0 Å². The van der Waals surface area contributed by atoms with Crippen molar-refractivity contribution in [3.63, 3.8) is 0 Å². The van der Waals surface area contributed by atoms with Gasteiger partial charge in [-0.3, -0.25) is 0 Å². The second-order valence-corrected chi connectivity index (χ2v) is 4.22. The van der Waals surface area contributed by atoms with Gasteiger partial charge < -0.3 is 0 Å². The maximum atomic E-state index is 2.38. The Kier molecular flexibility index (Phi) is 1.71. The van der Waals surface area contributed by atoms with Gasteiger partial charge in [0.25, 0.3) is 0 Å². The van der Waals surface area contributed by atoms with Crippen LogP contribution in [0.5, 0.6) is 0 Å². The summed E-state index contributed by atoms with van der Waals surface area (Å²) in [7, 11) is 0. The molecule has 12 heavy (non-hydrogen) atoms. The van der Waals surface area contributed by atoms with Gasteiger partial charge in [0.1, 0.15) is 0 Å². The van der Waals surface area contributed by atoms with Crippen molar-refractivity contribution in [3.05, 3.63) is 34.9 Å². The molecule has 2 rings (SSSR count). The summed E-state index contributed by atoms with van der Waals surface area (Å²) in [6.07, 6.45) is 1.29. The van der Waals surface area contributed by atoms with Crippen LogP contribution >= 0.6 is 0 Å². The highest BCUT2D eigenvalue weighted by atomic mass is 14.3. The van der Waals surface area contributed by atoms with Crippen LogP contribution in [0.1, 0.15) is 49.3 Å². The van der Waals surface area contributed by atoms with E-state index in [0.29, 0.717) is 5.92 Å². The van der Waals surface area contributed by atoms with Gasteiger partial charge in [0, 0.05) is 0 Å². The fourth-order valence-electron chi connectivity index (χ4n) is 1.95. The predicted molar refractivity (Wildman–Crippen MR) is 52.7 cm³/mol. The van der Waals surface area contributed by atoms with E-state index < -0.39 is 0 Å². The first-order valence-electron chi connectivity index (χ1n) is 4.81. The number of rotatable bonds is 1. The fourth-order valence-corrected chi connectivity index (χ4v) is 1.95. The van der Waals surface area contributed by atoms with Gasteiger partial charge in [-0.05, 0) is 34.9 Å². The maximum absolute atomic E-state index is 2.38. The van der Waals surface area contributed by atoms with Gasteiger partial charge in [0.2, 0.25) is 0 Å². The fraction of sp³-hybridized carbons (Fsp3) is 0.500. The summed E-state index contributed by atoms with van der Waals surface area (Å²) in [6, 6.07) is 6.96. The molecule has 0 bridgehead atoms. The van der Waals surface area contributed by atoms with Crippen molar-refractivity contribution in [2.45, 2.75) is 39.0 Å². The Morgan fingerprint density at radius 2 is 2.08 bits per heavy atom. The zero-order valence-electron chi connectivity index (χ0n) is 8.09. The van der Waals surface area contributed by atoms with Crippen molar-refractivity contribution in [1.82, 2.24) is 0 Å². The van der Waals surface area contributed by atoms with E-state index in [1.165, 1.54) is 12.0 Å². The third-order valence-corrected chi connectivity index (χ3v) is 2.89. The molecule has 1 aromatic carbocycles. The Labute approximate surface area is 74.6 Å². The van der Waals surface area contributed by atoms with Crippen LogP contribution in [-0.2, 0) is 6.42 Å². The largest absolute Gasteiger partial charge is 0.0587 e. The molecule has 64 valence electrons. The van der Waals surface area contributed by atoms with Crippen molar-refractivity contribution in [3.8, 4) is 0 Å². The summed E-state index contributed by atoms with van der Waals surface area (Å²) in [5.41, 5.74) is 4.63. The highest BCUT2D eigenvalue weighted by Crippen LogP contribution is 2.36. The number of fused-ring (bicyclic) bond motifs is 1. The number of hydrogen-bond acceptors (Lipinski definition) is 0. The molecule has 0 saturated carbocycles. The van der Waals surface area contributed by atoms with Crippen LogP contribution in [0.3, 0.4) is 0 Å². The zero-order valence-corrected chi connectivity index (χ0v) is 8.09. The number of benzene rings is 1. The Hall–Kier alpha value is -0.780. The Bertz CT molecular complexity index is 297. The molecule has 1 unspecified atom stereocenters. The van der Waals surface area contributed by atoms with Crippen LogP contribution in [0.25, 0.3) is 0 Å². The average Bonchev–Trinajstić information content (AvgIpc) is 2.01. The molecular weight excluding hydrogens is 144 g/mol. The van der Waals surface area contributed by atoms with Gasteiger partial charge in [-0.1, -0.05) is 39.0 Å². The van der Waals surface area contributed by atoms with Crippen molar-refractivity contribution in [1.29, 1.82) is 0 Å². The highest BCUT2D eigenvalue weighted by Gasteiger charge is 2.21. The molecule has 0 aliphatic heterocycles. The second-order valence-electron chi connectivity index (χ2n) is 4.22. The molecule has 0 spiro atoms. The summed E-state index contributed by atoms with van der Waals surface area (Å²) in [4.78, 5) is 0. The van der Waals surface area contributed by atoms with Crippen molar-refractivity contribution in [2.24, 2.45) is 0 Å². The summed E-state index contributed by atoms with van der Waals surface area (Å²) >= 11 is 0. The van der Waals surface area contributed by atoms with E-state index in [2.05, 4.69) is 39.0 Å². The first-order valence-corrected chi connectivity index (χ1v) is 4.81. The molecule has 1 atom stereocenters. The van der Waals surface area contributed by atoms with Crippen LogP contribution in [0.4, 0.5) is 0 Å². The summed E-state index contributed by atoms with van der Waals surface area (Å²) in [5, 5.41) is 0. The predicted octanol–water partition coefficient (Wildman–Crippen LogP) is 3.47.